The molecule has 0 atom stereocenters. The summed E-state index contributed by atoms with van der Waals surface area (Å²) in [6.07, 6.45) is 0.879. The number of aryl methyl sites for hydroxylation is 1. The van der Waals surface area contributed by atoms with Gasteiger partial charge in [0.25, 0.3) is 11.5 Å². The summed E-state index contributed by atoms with van der Waals surface area (Å²) in [5.41, 5.74) is 4.07. The van der Waals surface area contributed by atoms with Crippen LogP contribution in [0.1, 0.15) is 40.8 Å². The number of carbonyl (C=O) groups is 2. The molecule has 282 valence electrons. The minimum Gasteiger partial charge on any atom is -0.504 e. The topological polar surface area (TPSA) is 172 Å². The van der Waals surface area contributed by atoms with Crippen LogP contribution in [0.3, 0.4) is 0 Å². The number of alkyl halides is 3. The fourth-order valence-corrected chi connectivity index (χ4v) is 6.91. The summed E-state index contributed by atoms with van der Waals surface area (Å²) in [7, 11) is 1.65. The van der Waals surface area contributed by atoms with Crippen LogP contribution in [-0.4, -0.2) is 106 Å². The second kappa shape index (κ2) is 16.9. The molecule has 0 radical (unpaired) electrons. The maximum atomic E-state index is 13.7. The predicted molar refractivity (Wildman–Crippen MR) is 194 cm³/mol. The zero-order chi connectivity index (χ0) is 38.3. The van der Waals surface area contributed by atoms with Crippen LogP contribution in [-0.2, 0) is 28.7 Å². The zero-order valence-corrected chi connectivity index (χ0v) is 30.2. The number of rotatable bonds is 9. The van der Waals surface area contributed by atoms with Gasteiger partial charge in [0, 0.05) is 39.9 Å². The molecular weight excluding hydrogens is 718 g/mol. The molecule has 0 bridgehead atoms. The van der Waals surface area contributed by atoms with E-state index in [9.17, 15) is 32.7 Å². The number of ether oxygens (including phenoxy) is 1. The Morgan fingerprint density at radius 2 is 1.94 bits per heavy atom. The monoisotopic (exact) mass is 756 g/mol. The highest BCUT2D eigenvalue weighted by molar-refractivity contribution is 7.17. The van der Waals surface area contributed by atoms with Crippen LogP contribution in [0.5, 0.6) is 5.75 Å². The van der Waals surface area contributed by atoms with E-state index < -0.39 is 17.6 Å². The van der Waals surface area contributed by atoms with Gasteiger partial charge in [0.15, 0.2) is 11.4 Å². The number of amides is 1. The van der Waals surface area contributed by atoms with Gasteiger partial charge in [-0.25, -0.2) is 19.9 Å². The molecule has 2 N–H and O–H groups in total. The van der Waals surface area contributed by atoms with Crippen molar-refractivity contribution in [3.63, 3.8) is 0 Å². The Bertz CT molecular complexity index is 2150. The SMILES string of the molecule is C=Nn1c(=O)c(N2CCN(C(=O)c3ncnc(C)c3O)CC2)c(CC)n(CC=O)c1=NCC1=CCOCC1.CNc1ccc(C(F)(F)F)c2scnc12. The van der Waals surface area contributed by atoms with Gasteiger partial charge < -0.3 is 34.3 Å². The molecule has 3 aromatic heterocycles. The zero-order valence-electron chi connectivity index (χ0n) is 29.4. The van der Waals surface area contributed by atoms with Crippen molar-refractivity contribution in [1.29, 1.82) is 0 Å². The first kappa shape index (κ1) is 38.8. The summed E-state index contributed by atoms with van der Waals surface area (Å²) in [6.45, 7) is 9.93. The smallest absolute Gasteiger partial charge is 0.417 e. The lowest BCUT2D eigenvalue weighted by atomic mass is 10.1. The maximum Gasteiger partial charge on any atom is 0.417 e. The number of carbonyl (C=O) groups excluding carboxylic acids is 2. The number of aromatic nitrogens is 5. The van der Waals surface area contributed by atoms with Crippen LogP contribution < -0.4 is 21.4 Å². The van der Waals surface area contributed by atoms with E-state index >= 15 is 0 Å². The van der Waals surface area contributed by atoms with Gasteiger partial charge in [0.2, 0.25) is 5.62 Å². The Labute approximate surface area is 305 Å². The van der Waals surface area contributed by atoms with E-state index in [1.165, 1.54) is 17.9 Å². The number of nitrogens with zero attached hydrogens (tertiary/aromatic N) is 9. The third-order valence-electron chi connectivity index (χ3n) is 8.79. The molecule has 1 fully saturated rings. The van der Waals surface area contributed by atoms with E-state index in [4.69, 9.17) is 4.74 Å². The van der Waals surface area contributed by atoms with Crippen LogP contribution >= 0.6 is 11.3 Å². The van der Waals surface area contributed by atoms with Crippen LogP contribution in [0.2, 0.25) is 0 Å². The largest absolute Gasteiger partial charge is 0.504 e. The number of anilines is 2. The van der Waals surface area contributed by atoms with Gasteiger partial charge in [-0.2, -0.15) is 22.9 Å². The lowest BCUT2D eigenvalue weighted by Crippen LogP contribution is -2.52. The van der Waals surface area contributed by atoms with Gasteiger partial charge in [0.1, 0.15) is 23.8 Å². The molecule has 0 spiro atoms. The first-order valence-electron chi connectivity index (χ1n) is 16.7. The maximum absolute atomic E-state index is 13.7. The lowest BCUT2D eigenvalue weighted by Gasteiger charge is -2.36. The first-order chi connectivity index (χ1) is 25.4. The molecule has 2 aliphatic heterocycles. The normalized spacial score (nSPS) is 15.1. The van der Waals surface area contributed by atoms with E-state index in [0.717, 1.165) is 40.4 Å². The number of aldehydes is 1. The van der Waals surface area contributed by atoms with Crippen molar-refractivity contribution >= 4 is 51.8 Å². The molecule has 15 nitrogen and oxygen atoms in total. The molecule has 2 aliphatic rings. The van der Waals surface area contributed by atoms with Crippen molar-refractivity contribution in [2.45, 2.75) is 39.4 Å². The number of thiazole rings is 1. The molecule has 1 saturated heterocycles. The third kappa shape index (κ3) is 8.30. The molecule has 53 heavy (non-hydrogen) atoms. The molecule has 0 unspecified atom stereocenters. The van der Waals surface area contributed by atoms with Crippen molar-refractivity contribution in [3.8, 4) is 5.75 Å². The number of aromatic hydroxyl groups is 1. The number of hydrogen-bond acceptors (Lipinski definition) is 13. The Hall–Kier alpha value is -5.43. The van der Waals surface area contributed by atoms with Crippen molar-refractivity contribution in [3.05, 3.63) is 74.2 Å². The van der Waals surface area contributed by atoms with Crippen LogP contribution in [0.4, 0.5) is 24.5 Å². The molecule has 6 rings (SSSR count). The Morgan fingerprint density at radius 1 is 1.19 bits per heavy atom. The van der Waals surface area contributed by atoms with Gasteiger partial charge in [-0.1, -0.05) is 13.0 Å². The first-order valence-corrected chi connectivity index (χ1v) is 17.5. The van der Waals surface area contributed by atoms with E-state index in [1.807, 2.05) is 17.9 Å². The van der Waals surface area contributed by atoms with Gasteiger partial charge >= 0.3 is 6.18 Å². The summed E-state index contributed by atoms with van der Waals surface area (Å²) >= 11 is 0.999. The molecule has 5 heterocycles. The van der Waals surface area contributed by atoms with Crippen LogP contribution in [0.25, 0.3) is 10.2 Å². The summed E-state index contributed by atoms with van der Waals surface area (Å²) < 4.78 is 46.1. The quantitative estimate of drug-likeness (QED) is 0.147. The number of nitrogens with one attached hydrogen (secondary N) is 1. The Kier molecular flexibility index (Phi) is 12.4. The Morgan fingerprint density at radius 3 is 2.57 bits per heavy atom. The fourth-order valence-electron chi connectivity index (χ4n) is 6.06. The predicted octanol–water partition coefficient (Wildman–Crippen LogP) is 3.25. The van der Waals surface area contributed by atoms with Crippen molar-refractivity contribution in [2.75, 3.05) is 63.2 Å². The van der Waals surface area contributed by atoms with Crippen LogP contribution in [0.15, 0.2) is 50.5 Å². The number of halogens is 3. The van der Waals surface area contributed by atoms with Crippen molar-refractivity contribution in [1.82, 2.24) is 29.1 Å². The summed E-state index contributed by atoms with van der Waals surface area (Å²) in [6, 6.07) is 2.47. The average Bonchev–Trinajstić information content (AvgIpc) is 3.65. The average molecular weight is 757 g/mol. The molecule has 19 heteroatoms. The van der Waals surface area contributed by atoms with Crippen molar-refractivity contribution < 1.29 is 32.6 Å². The molecule has 4 aromatic rings. The highest BCUT2D eigenvalue weighted by Gasteiger charge is 2.34. The van der Waals surface area contributed by atoms with E-state index in [-0.39, 0.29) is 33.9 Å². The van der Waals surface area contributed by atoms with Gasteiger partial charge in [-0.3, -0.25) is 9.59 Å². The molecular formula is C34H39F3N10O5S. The minimum absolute atomic E-state index is 0.00223. The second-order valence-corrected chi connectivity index (χ2v) is 12.7. The number of piperazine rings is 1. The number of benzene rings is 1. The third-order valence-corrected chi connectivity index (χ3v) is 9.65. The van der Waals surface area contributed by atoms with Crippen LogP contribution in [0, 0.1) is 6.92 Å². The highest BCUT2D eigenvalue weighted by Crippen LogP contribution is 2.38. The second-order valence-electron chi connectivity index (χ2n) is 11.9. The lowest BCUT2D eigenvalue weighted by molar-refractivity contribution is -0.136. The van der Waals surface area contributed by atoms with E-state index in [1.54, 1.807) is 23.4 Å². The number of fused-ring (bicyclic) bond motifs is 1. The van der Waals surface area contributed by atoms with Crippen molar-refractivity contribution in [2.24, 2.45) is 10.1 Å². The van der Waals surface area contributed by atoms with Gasteiger partial charge in [-0.15, -0.1) is 11.3 Å². The summed E-state index contributed by atoms with van der Waals surface area (Å²) in [5.74, 6) is -0.639. The van der Waals surface area contributed by atoms with E-state index in [2.05, 4.69) is 37.1 Å². The van der Waals surface area contributed by atoms with Gasteiger partial charge in [-0.05, 0) is 37.5 Å². The van der Waals surface area contributed by atoms with E-state index in [0.29, 0.717) is 80.6 Å². The molecule has 1 aromatic carbocycles. The molecule has 1 amide bonds. The standard InChI is InChI=1S/C25H32N8O5.C9H7F3N2S/c1-4-19-21(30-7-9-31(10-8-30)23(36)20-22(35)17(2)28-16-29-20)24(37)33(26-3)25(32(19)11-12-34)27-15-18-5-13-38-14-6-18;1-13-6-3-2-5(9(10,11)12)8-7(6)14-4-15-8/h5,12,16,35H,3-4,6-11,13-15H2,1-2H3;2-4,13H,1H3. The minimum atomic E-state index is -4.32. The summed E-state index contributed by atoms with van der Waals surface area (Å²) in [5, 5.41) is 17.0. The molecule has 0 aliphatic carbocycles. The number of hydrogen-bond donors (Lipinski definition) is 2. The Balaban J connectivity index is 0.000000300. The highest BCUT2D eigenvalue weighted by atomic mass is 32.1. The van der Waals surface area contributed by atoms with Gasteiger partial charge in [0.05, 0.1) is 59.2 Å². The summed E-state index contributed by atoms with van der Waals surface area (Å²) in [4.78, 5) is 58.3. The molecule has 0 saturated carbocycles. The fraction of sp³-hybridized carbons (Fsp3) is 0.412.